The van der Waals surface area contributed by atoms with Crippen molar-refractivity contribution in [1.29, 1.82) is 0 Å². The summed E-state index contributed by atoms with van der Waals surface area (Å²) in [5, 5.41) is 3.95. The minimum absolute atomic E-state index is 0.0349. The zero-order chi connectivity index (χ0) is 14.7. The third-order valence-corrected chi connectivity index (χ3v) is 3.52. The van der Waals surface area contributed by atoms with Crippen molar-refractivity contribution in [2.45, 2.75) is 38.1 Å². The SMILES string of the molecule is Cc1cc(C(=O)NC(C)CC(C)Br)c2ccccc2n1. The Morgan fingerprint density at radius 2 is 2.05 bits per heavy atom. The van der Waals surface area contributed by atoms with E-state index in [4.69, 9.17) is 0 Å². The van der Waals surface area contributed by atoms with Gasteiger partial charge in [0.1, 0.15) is 0 Å². The molecule has 0 aliphatic carbocycles. The van der Waals surface area contributed by atoms with Crippen molar-refractivity contribution in [2.24, 2.45) is 0 Å². The number of halogens is 1. The molecule has 3 nitrogen and oxygen atoms in total. The molecule has 106 valence electrons. The quantitative estimate of drug-likeness (QED) is 0.863. The monoisotopic (exact) mass is 334 g/mol. The van der Waals surface area contributed by atoms with E-state index in [1.165, 1.54) is 0 Å². The lowest BCUT2D eigenvalue weighted by Crippen LogP contribution is -2.34. The van der Waals surface area contributed by atoms with Crippen molar-refractivity contribution < 1.29 is 4.79 Å². The predicted molar refractivity (Wildman–Crippen MR) is 86.4 cm³/mol. The van der Waals surface area contributed by atoms with Gasteiger partial charge in [-0.2, -0.15) is 0 Å². The van der Waals surface area contributed by atoms with Crippen LogP contribution in [0.5, 0.6) is 0 Å². The number of benzene rings is 1. The molecule has 1 aromatic carbocycles. The third kappa shape index (κ3) is 3.57. The number of para-hydroxylation sites is 1. The van der Waals surface area contributed by atoms with Gasteiger partial charge in [0.2, 0.25) is 0 Å². The molecule has 2 rings (SSSR count). The molecule has 1 heterocycles. The summed E-state index contributed by atoms with van der Waals surface area (Å²) in [6.07, 6.45) is 0.897. The summed E-state index contributed by atoms with van der Waals surface area (Å²) in [7, 11) is 0. The second kappa shape index (κ2) is 6.35. The van der Waals surface area contributed by atoms with Gasteiger partial charge in [-0.1, -0.05) is 41.1 Å². The van der Waals surface area contributed by atoms with Gasteiger partial charge in [-0.3, -0.25) is 9.78 Å². The lowest BCUT2D eigenvalue weighted by Gasteiger charge is -2.16. The fourth-order valence-corrected chi connectivity index (χ4v) is 2.90. The molecule has 2 aromatic rings. The normalized spacial score (nSPS) is 14.0. The first-order chi connectivity index (χ1) is 9.47. The van der Waals surface area contributed by atoms with E-state index in [0.717, 1.165) is 23.0 Å². The van der Waals surface area contributed by atoms with E-state index in [2.05, 4.69) is 33.2 Å². The lowest BCUT2D eigenvalue weighted by atomic mass is 10.1. The van der Waals surface area contributed by atoms with E-state index < -0.39 is 0 Å². The average molecular weight is 335 g/mol. The van der Waals surface area contributed by atoms with Gasteiger partial charge in [-0.05, 0) is 32.4 Å². The van der Waals surface area contributed by atoms with Crippen molar-refractivity contribution in [3.05, 3.63) is 41.6 Å². The second-order valence-electron chi connectivity index (χ2n) is 5.22. The van der Waals surface area contributed by atoms with Gasteiger partial charge in [0.05, 0.1) is 11.1 Å². The van der Waals surface area contributed by atoms with E-state index >= 15 is 0 Å². The molecule has 1 N–H and O–H groups in total. The Balaban J connectivity index is 2.30. The summed E-state index contributed by atoms with van der Waals surface area (Å²) >= 11 is 3.51. The van der Waals surface area contributed by atoms with E-state index in [1.807, 2.05) is 44.2 Å². The topological polar surface area (TPSA) is 42.0 Å². The highest BCUT2D eigenvalue weighted by Crippen LogP contribution is 2.18. The molecule has 0 bridgehead atoms. The molecule has 2 unspecified atom stereocenters. The van der Waals surface area contributed by atoms with Gasteiger partial charge < -0.3 is 5.32 Å². The summed E-state index contributed by atoms with van der Waals surface area (Å²) in [5.41, 5.74) is 2.41. The van der Waals surface area contributed by atoms with Crippen LogP contribution >= 0.6 is 15.9 Å². The number of amides is 1. The van der Waals surface area contributed by atoms with Gasteiger partial charge in [-0.25, -0.2) is 0 Å². The summed E-state index contributed by atoms with van der Waals surface area (Å²) in [6, 6.07) is 9.72. The number of alkyl halides is 1. The first kappa shape index (κ1) is 15.0. The highest BCUT2D eigenvalue weighted by Gasteiger charge is 2.15. The fourth-order valence-electron chi connectivity index (χ4n) is 2.34. The summed E-state index contributed by atoms with van der Waals surface area (Å²) in [5.74, 6) is -0.0349. The molecule has 0 radical (unpaired) electrons. The highest BCUT2D eigenvalue weighted by atomic mass is 79.9. The molecule has 0 spiro atoms. The molecule has 20 heavy (non-hydrogen) atoms. The van der Waals surface area contributed by atoms with E-state index in [-0.39, 0.29) is 11.9 Å². The minimum Gasteiger partial charge on any atom is -0.350 e. The summed E-state index contributed by atoms with van der Waals surface area (Å²) in [4.78, 5) is 17.3. The molecule has 0 saturated carbocycles. The number of carbonyl (C=O) groups excluding carboxylic acids is 1. The number of aryl methyl sites for hydroxylation is 1. The Bertz CT molecular complexity index is 625. The Morgan fingerprint density at radius 1 is 1.35 bits per heavy atom. The van der Waals surface area contributed by atoms with Crippen LogP contribution in [0.2, 0.25) is 0 Å². The number of aromatic nitrogens is 1. The molecule has 0 fully saturated rings. The van der Waals surface area contributed by atoms with Gasteiger partial charge in [-0.15, -0.1) is 0 Å². The van der Waals surface area contributed by atoms with Crippen molar-refractivity contribution in [2.75, 3.05) is 0 Å². The Hall–Kier alpha value is -1.42. The first-order valence-corrected chi connectivity index (χ1v) is 7.70. The molecular formula is C16H19BrN2O. The van der Waals surface area contributed by atoms with Crippen LogP contribution in [0.15, 0.2) is 30.3 Å². The van der Waals surface area contributed by atoms with E-state index in [1.54, 1.807) is 0 Å². The number of nitrogens with zero attached hydrogens (tertiary/aromatic N) is 1. The maximum atomic E-state index is 12.4. The number of nitrogens with one attached hydrogen (secondary N) is 1. The number of hydrogen-bond acceptors (Lipinski definition) is 2. The van der Waals surface area contributed by atoms with Gasteiger partial charge in [0.25, 0.3) is 5.91 Å². The van der Waals surface area contributed by atoms with Crippen molar-refractivity contribution in [3.63, 3.8) is 0 Å². The molecule has 0 aliphatic heterocycles. The molecule has 4 heteroatoms. The van der Waals surface area contributed by atoms with Crippen LogP contribution in [0, 0.1) is 6.92 Å². The van der Waals surface area contributed by atoms with Crippen molar-refractivity contribution >= 4 is 32.7 Å². The van der Waals surface area contributed by atoms with E-state index in [9.17, 15) is 4.79 Å². The third-order valence-electron chi connectivity index (χ3n) is 3.14. The second-order valence-corrected chi connectivity index (χ2v) is 6.78. The van der Waals surface area contributed by atoms with Crippen LogP contribution in [-0.2, 0) is 0 Å². The molecule has 0 saturated heterocycles. The van der Waals surface area contributed by atoms with Gasteiger partial charge >= 0.3 is 0 Å². The Labute approximate surface area is 127 Å². The van der Waals surface area contributed by atoms with Crippen LogP contribution in [0.25, 0.3) is 10.9 Å². The summed E-state index contributed by atoms with van der Waals surface area (Å²) in [6.45, 7) is 6.01. The maximum absolute atomic E-state index is 12.4. The Morgan fingerprint density at radius 3 is 2.75 bits per heavy atom. The van der Waals surface area contributed by atoms with Crippen molar-refractivity contribution in [1.82, 2.24) is 10.3 Å². The maximum Gasteiger partial charge on any atom is 0.252 e. The Kier molecular flexibility index (Phi) is 4.76. The molecular weight excluding hydrogens is 316 g/mol. The standard InChI is InChI=1S/C16H19BrN2O/c1-10(17)8-11(2)19-16(20)14-9-12(3)18-15-7-5-4-6-13(14)15/h4-7,9-11H,8H2,1-3H3,(H,19,20). The first-order valence-electron chi connectivity index (χ1n) is 6.78. The number of carbonyl (C=O) groups is 1. The van der Waals surface area contributed by atoms with Crippen LogP contribution < -0.4 is 5.32 Å². The van der Waals surface area contributed by atoms with Gasteiger partial charge in [0, 0.05) is 21.9 Å². The van der Waals surface area contributed by atoms with Crippen LogP contribution in [0.4, 0.5) is 0 Å². The number of hydrogen-bond donors (Lipinski definition) is 1. The number of rotatable bonds is 4. The smallest absolute Gasteiger partial charge is 0.252 e. The lowest BCUT2D eigenvalue weighted by molar-refractivity contribution is 0.0940. The average Bonchev–Trinajstić information content (AvgIpc) is 2.36. The van der Waals surface area contributed by atoms with E-state index in [0.29, 0.717) is 10.4 Å². The van der Waals surface area contributed by atoms with Crippen LogP contribution in [0.1, 0.15) is 36.3 Å². The fraction of sp³-hybridized carbons (Fsp3) is 0.375. The molecule has 1 aromatic heterocycles. The number of fused-ring (bicyclic) bond motifs is 1. The summed E-state index contributed by atoms with van der Waals surface area (Å²) < 4.78 is 0. The van der Waals surface area contributed by atoms with Crippen LogP contribution in [-0.4, -0.2) is 21.8 Å². The predicted octanol–water partition coefficient (Wildman–Crippen LogP) is 3.84. The highest BCUT2D eigenvalue weighted by molar-refractivity contribution is 9.09. The largest absolute Gasteiger partial charge is 0.350 e. The number of pyridine rings is 1. The molecule has 0 aliphatic rings. The zero-order valence-corrected chi connectivity index (χ0v) is 13.6. The molecule has 2 atom stereocenters. The van der Waals surface area contributed by atoms with Crippen molar-refractivity contribution in [3.8, 4) is 0 Å². The van der Waals surface area contributed by atoms with Crippen LogP contribution in [0.3, 0.4) is 0 Å². The minimum atomic E-state index is -0.0349. The zero-order valence-electron chi connectivity index (χ0n) is 12.0. The van der Waals surface area contributed by atoms with Gasteiger partial charge in [0.15, 0.2) is 0 Å². The molecule has 1 amide bonds.